The van der Waals surface area contributed by atoms with Crippen molar-refractivity contribution in [1.29, 1.82) is 0 Å². The van der Waals surface area contributed by atoms with Gasteiger partial charge in [0.1, 0.15) is 11.5 Å². The highest BCUT2D eigenvalue weighted by molar-refractivity contribution is 7.89. The van der Waals surface area contributed by atoms with Gasteiger partial charge in [0.15, 0.2) is 0 Å². The van der Waals surface area contributed by atoms with Gasteiger partial charge in [-0.2, -0.15) is 4.31 Å². The van der Waals surface area contributed by atoms with Crippen LogP contribution in [0.4, 0.5) is 6.01 Å². The van der Waals surface area contributed by atoms with Crippen LogP contribution in [-0.2, 0) is 10.0 Å². The van der Waals surface area contributed by atoms with Gasteiger partial charge in [-0.05, 0) is 56.2 Å². The van der Waals surface area contributed by atoms with Gasteiger partial charge in [-0.15, -0.1) is 5.10 Å². The minimum Gasteiger partial charge on any atom is -0.497 e. The lowest BCUT2D eigenvalue weighted by Crippen LogP contribution is -2.41. The third-order valence-corrected chi connectivity index (χ3v) is 7.74. The number of piperidine rings is 1. The Morgan fingerprint density at radius 1 is 1.06 bits per heavy atom. The summed E-state index contributed by atoms with van der Waals surface area (Å²) in [4.78, 5) is 12.8. The normalized spacial score (nSPS) is 16.7. The number of amides is 1. The second-order valence-corrected chi connectivity index (χ2v) is 9.84. The molecule has 4 rings (SSSR count). The zero-order valence-corrected chi connectivity index (χ0v) is 20.0. The van der Waals surface area contributed by atoms with Gasteiger partial charge in [0.2, 0.25) is 15.9 Å². The molecule has 0 spiro atoms. The number of carbonyl (C=O) groups excluding carboxylic acids is 1. The minimum atomic E-state index is -3.61. The van der Waals surface area contributed by atoms with E-state index in [4.69, 9.17) is 13.9 Å². The van der Waals surface area contributed by atoms with Crippen molar-refractivity contribution in [2.24, 2.45) is 0 Å². The van der Waals surface area contributed by atoms with Crippen LogP contribution in [0.15, 0.2) is 51.8 Å². The fraction of sp³-hybridized carbons (Fsp3) is 0.348. The highest BCUT2D eigenvalue weighted by Crippen LogP contribution is 2.30. The maximum Gasteiger partial charge on any atom is 0.322 e. The van der Waals surface area contributed by atoms with Crippen LogP contribution in [0.2, 0.25) is 0 Å². The molecule has 0 bridgehead atoms. The predicted molar refractivity (Wildman–Crippen MR) is 124 cm³/mol. The molecule has 180 valence electrons. The molecular formula is C23H26N4O6S. The second kappa shape index (κ2) is 9.82. The number of rotatable bonds is 7. The van der Waals surface area contributed by atoms with Crippen molar-refractivity contribution < 1.29 is 27.1 Å². The van der Waals surface area contributed by atoms with Crippen molar-refractivity contribution in [3.63, 3.8) is 0 Å². The third-order valence-electron chi connectivity index (χ3n) is 5.71. The number of hydrogen-bond donors (Lipinski definition) is 1. The Hall–Kier alpha value is -3.44. The first-order chi connectivity index (χ1) is 16.3. The molecule has 1 aliphatic heterocycles. The van der Waals surface area contributed by atoms with E-state index in [0.29, 0.717) is 23.6 Å². The van der Waals surface area contributed by atoms with E-state index in [1.807, 2.05) is 6.92 Å². The Balaban J connectivity index is 1.47. The average Bonchev–Trinajstić information content (AvgIpc) is 3.32. The van der Waals surface area contributed by atoms with Crippen LogP contribution in [-0.4, -0.2) is 55.6 Å². The molecule has 1 amide bonds. The number of nitrogens with one attached hydrogen (secondary N) is 1. The molecule has 2 heterocycles. The van der Waals surface area contributed by atoms with Crippen LogP contribution in [0.1, 0.15) is 36.5 Å². The van der Waals surface area contributed by atoms with E-state index >= 15 is 0 Å². The summed E-state index contributed by atoms with van der Waals surface area (Å²) >= 11 is 0. The van der Waals surface area contributed by atoms with Gasteiger partial charge < -0.3 is 13.9 Å². The minimum absolute atomic E-state index is 0.0435. The van der Waals surface area contributed by atoms with Crippen molar-refractivity contribution >= 4 is 21.9 Å². The molecule has 0 radical (unpaired) electrons. The van der Waals surface area contributed by atoms with Gasteiger partial charge >= 0.3 is 6.01 Å². The quantitative estimate of drug-likeness (QED) is 0.538. The zero-order valence-electron chi connectivity index (χ0n) is 19.1. The van der Waals surface area contributed by atoms with Crippen molar-refractivity contribution in [3.05, 3.63) is 48.0 Å². The Bertz CT molecular complexity index is 1250. The Labute approximate surface area is 197 Å². The smallest absolute Gasteiger partial charge is 0.322 e. The van der Waals surface area contributed by atoms with Crippen molar-refractivity contribution in [2.45, 2.75) is 37.1 Å². The lowest BCUT2D eigenvalue weighted by Gasteiger charge is -2.32. The molecule has 2 aromatic carbocycles. The van der Waals surface area contributed by atoms with E-state index in [9.17, 15) is 13.2 Å². The number of aromatic nitrogens is 2. The molecule has 1 fully saturated rings. The largest absolute Gasteiger partial charge is 0.497 e. The topological polar surface area (TPSA) is 124 Å². The Morgan fingerprint density at radius 3 is 2.35 bits per heavy atom. The molecule has 0 aliphatic carbocycles. The van der Waals surface area contributed by atoms with Crippen LogP contribution in [0.5, 0.6) is 11.5 Å². The molecule has 1 aliphatic rings. The molecule has 1 atom stereocenters. The SMILES string of the molecule is COc1cc(OC)cc(-c2nnc(NC(=O)c3ccc(S(=O)(=O)N4CCCCC4C)cc3)o2)c1. The van der Waals surface area contributed by atoms with E-state index in [-0.39, 0.29) is 28.4 Å². The summed E-state index contributed by atoms with van der Waals surface area (Å²) in [5.74, 6) is 0.762. The molecule has 10 nitrogen and oxygen atoms in total. The summed E-state index contributed by atoms with van der Waals surface area (Å²) in [6.45, 7) is 2.42. The number of methoxy groups -OCH3 is 2. The maximum absolute atomic E-state index is 13.0. The molecule has 1 N–H and O–H groups in total. The van der Waals surface area contributed by atoms with Crippen LogP contribution in [0.3, 0.4) is 0 Å². The van der Waals surface area contributed by atoms with Gasteiger partial charge in [0.05, 0.1) is 19.1 Å². The highest BCUT2D eigenvalue weighted by Gasteiger charge is 2.31. The zero-order chi connectivity index (χ0) is 24.3. The van der Waals surface area contributed by atoms with Crippen LogP contribution < -0.4 is 14.8 Å². The number of benzene rings is 2. The summed E-state index contributed by atoms with van der Waals surface area (Å²) in [5, 5.41) is 10.4. The second-order valence-electron chi connectivity index (χ2n) is 7.95. The lowest BCUT2D eigenvalue weighted by molar-refractivity contribution is 0.102. The van der Waals surface area contributed by atoms with Gasteiger partial charge in [-0.25, -0.2) is 8.42 Å². The monoisotopic (exact) mass is 486 g/mol. The summed E-state index contributed by atoms with van der Waals surface area (Å²) in [5.41, 5.74) is 0.819. The lowest BCUT2D eigenvalue weighted by atomic mass is 10.1. The van der Waals surface area contributed by atoms with Crippen molar-refractivity contribution in [3.8, 4) is 23.0 Å². The molecule has 1 saturated heterocycles. The van der Waals surface area contributed by atoms with Crippen LogP contribution in [0, 0.1) is 0 Å². The number of ether oxygens (including phenoxy) is 2. The van der Waals surface area contributed by atoms with Gasteiger partial charge in [0, 0.05) is 29.8 Å². The molecule has 1 aromatic heterocycles. The maximum atomic E-state index is 13.0. The summed E-state index contributed by atoms with van der Waals surface area (Å²) in [6.07, 6.45) is 2.71. The van der Waals surface area contributed by atoms with E-state index in [1.54, 1.807) is 18.2 Å². The summed E-state index contributed by atoms with van der Waals surface area (Å²) in [6, 6.07) is 10.8. The number of carbonyl (C=O) groups is 1. The molecule has 1 unspecified atom stereocenters. The van der Waals surface area contributed by atoms with Gasteiger partial charge in [-0.3, -0.25) is 10.1 Å². The van der Waals surface area contributed by atoms with Gasteiger partial charge in [0.25, 0.3) is 5.91 Å². The summed E-state index contributed by atoms with van der Waals surface area (Å²) in [7, 11) is -0.552. The first-order valence-corrected chi connectivity index (χ1v) is 12.3. The number of nitrogens with zero attached hydrogens (tertiary/aromatic N) is 3. The number of anilines is 1. The number of hydrogen-bond acceptors (Lipinski definition) is 8. The molecule has 0 saturated carbocycles. The molecule has 11 heteroatoms. The molecule has 34 heavy (non-hydrogen) atoms. The Morgan fingerprint density at radius 2 is 1.74 bits per heavy atom. The standard InChI is InChI=1S/C23H26N4O6S/c1-15-6-4-5-11-27(15)34(29,30)20-9-7-16(8-10-20)21(28)24-23-26-25-22(33-23)17-12-18(31-2)14-19(13-17)32-3/h7-10,12-15H,4-6,11H2,1-3H3,(H,24,26,28). The highest BCUT2D eigenvalue weighted by atomic mass is 32.2. The van der Waals surface area contributed by atoms with E-state index in [1.165, 1.54) is 42.8 Å². The van der Waals surface area contributed by atoms with E-state index in [2.05, 4.69) is 15.5 Å². The van der Waals surface area contributed by atoms with E-state index < -0.39 is 15.9 Å². The summed E-state index contributed by atoms with van der Waals surface area (Å²) < 4.78 is 43.5. The van der Waals surface area contributed by atoms with Crippen LogP contribution in [0.25, 0.3) is 11.5 Å². The predicted octanol–water partition coefficient (Wildman–Crippen LogP) is 3.57. The first-order valence-electron chi connectivity index (χ1n) is 10.8. The molecular weight excluding hydrogens is 460 g/mol. The average molecular weight is 487 g/mol. The Kier molecular flexibility index (Phi) is 6.85. The van der Waals surface area contributed by atoms with Gasteiger partial charge in [-0.1, -0.05) is 11.5 Å². The van der Waals surface area contributed by atoms with E-state index in [0.717, 1.165) is 19.3 Å². The van der Waals surface area contributed by atoms with Crippen LogP contribution >= 0.6 is 0 Å². The first kappa shape index (κ1) is 23.7. The molecule has 3 aromatic rings. The third kappa shape index (κ3) is 4.90. The number of sulfonamides is 1. The fourth-order valence-corrected chi connectivity index (χ4v) is 5.53. The fourth-order valence-electron chi connectivity index (χ4n) is 3.83. The van der Waals surface area contributed by atoms with Crippen molar-refractivity contribution in [1.82, 2.24) is 14.5 Å². The van der Waals surface area contributed by atoms with Crippen molar-refractivity contribution in [2.75, 3.05) is 26.1 Å².